The number of nitrogens with one attached hydrogen (secondary N) is 2. The third-order valence-electron chi connectivity index (χ3n) is 5.27. The summed E-state index contributed by atoms with van der Waals surface area (Å²) in [7, 11) is 0. The van der Waals surface area contributed by atoms with Gasteiger partial charge in [-0.3, -0.25) is 14.7 Å². The zero-order valence-corrected chi connectivity index (χ0v) is 18.5. The quantitative estimate of drug-likeness (QED) is 0.561. The second kappa shape index (κ2) is 9.78. The Morgan fingerprint density at radius 2 is 1.87 bits per heavy atom. The third-order valence-corrected chi connectivity index (χ3v) is 5.93. The summed E-state index contributed by atoms with van der Waals surface area (Å²) < 4.78 is 7.17. The summed E-state index contributed by atoms with van der Waals surface area (Å²) in [5.74, 6) is 0.365. The van der Waals surface area contributed by atoms with Gasteiger partial charge in [0.25, 0.3) is 5.91 Å². The molecule has 2 N–H and O–H groups in total. The number of carbonyl (C=O) groups is 2. The molecule has 7 nitrogen and oxygen atoms in total. The molecule has 2 amide bonds. The Bertz CT molecular complexity index is 1030. The molecule has 1 saturated heterocycles. The van der Waals surface area contributed by atoms with Crippen molar-refractivity contribution in [3.63, 3.8) is 0 Å². The van der Waals surface area contributed by atoms with Crippen LogP contribution in [0.2, 0.25) is 0 Å². The fraction of sp³-hybridized carbons (Fsp3) is 0.261. The van der Waals surface area contributed by atoms with E-state index >= 15 is 0 Å². The minimum atomic E-state index is -0.341. The SMILES string of the molecule is O=C(NCC(=O)N1CCC(Oc2cc(-c3ccccc3)ccc2Br)CC1)c1ccn[nH]1. The van der Waals surface area contributed by atoms with E-state index in [0.717, 1.165) is 34.2 Å². The molecule has 0 aliphatic carbocycles. The number of ether oxygens (including phenoxy) is 1. The fourth-order valence-electron chi connectivity index (χ4n) is 3.55. The van der Waals surface area contributed by atoms with Gasteiger partial charge >= 0.3 is 0 Å². The number of benzene rings is 2. The molecule has 3 aromatic rings. The minimum Gasteiger partial charge on any atom is -0.489 e. The lowest BCUT2D eigenvalue weighted by Gasteiger charge is -2.32. The number of piperidine rings is 1. The normalized spacial score (nSPS) is 14.3. The molecule has 2 heterocycles. The molecule has 0 atom stereocenters. The molecule has 0 spiro atoms. The lowest BCUT2D eigenvalue weighted by Crippen LogP contribution is -2.46. The Morgan fingerprint density at radius 3 is 2.58 bits per heavy atom. The lowest BCUT2D eigenvalue weighted by molar-refractivity contribution is -0.131. The van der Waals surface area contributed by atoms with Crippen LogP contribution in [0.1, 0.15) is 23.3 Å². The zero-order valence-electron chi connectivity index (χ0n) is 16.9. The van der Waals surface area contributed by atoms with E-state index in [2.05, 4.69) is 49.6 Å². The fourth-order valence-corrected chi connectivity index (χ4v) is 3.89. The van der Waals surface area contributed by atoms with Crippen LogP contribution in [-0.4, -0.2) is 52.6 Å². The number of amides is 2. The van der Waals surface area contributed by atoms with Crippen LogP contribution in [0.5, 0.6) is 5.75 Å². The number of likely N-dealkylation sites (tertiary alicyclic amines) is 1. The van der Waals surface area contributed by atoms with Crippen molar-refractivity contribution in [2.45, 2.75) is 18.9 Å². The smallest absolute Gasteiger partial charge is 0.269 e. The summed E-state index contributed by atoms with van der Waals surface area (Å²) in [6, 6.07) is 17.8. The molecule has 0 saturated carbocycles. The Balaban J connectivity index is 1.29. The number of H-pyrrole nitrogens is 1. The van der Waals surface area contributed by atoms with Gasteiger partial charge in [-0.15, -0.1) is 0 Å². The average molecular weight is 483 g/mol. The lowest BCUT2D eigenvalue weighted by atomic mass is 10.1. The molecule has 1 aliphatic heterocycles. The average Bonchev–Trinajstić information content (AvgIpc) is 3.35. The molecule has 0 unspecified atom stereocenters. The van der Waals surface area contributed by atoms with Crippen LogP contribution in [0.3, 0.4) is 0 Å². The summed E-state index contributed by atoms with van der Waals surface area (Å²) in [4.78, 5) is 26.1. The van der Waals surface area contributed by atoms with Gasteiger partial charge in [0.15, 0.2) is 0 Å². The monoisotopic (exact) mass is 482 g/mol. The molecular formula is C23H23BrN4O3. The van der Waals surface area contributed by atoms with Crippen molar-refractivity contribution in [3.8, 4) is 16.9 Å². The summed E-state index contributed by atoms with van der Waals surface area (Å²) in [5.41, 5.74) is 2.57. The van der Waals surface area contributed by atoms with E-state index in [9.17, 15) is 9.59 Å². The van der Waals surface area contributed by atoms with Crippen LogP contribution in [0.4, 0.5) is 0 Å². The Hall–Kier alpha value is -3.13. The topological polar surface area (TPSA) is 87.3 Å². The maximum atomic E-state index is 12.4. The molecule has 160 valence electrons. The van der Waals surface area contributed by atoms with Gasteiger partial charge in [0.1, 0.15) is 17.5 Å². The molecule has 0 bridgehead atoms. The first-order chi connectivity index (χ1) is 15.1. The first kappa shape index (κ1) is 21.1. The summed E-state index contributed by atoms with van der Waals surface area (Å²) in [6.07, 6.45) is 3.01. The Labute approximate surface area is 188 Å². The molecule has 31 heavy (non-hydrogen) atoms. The largest absolute Gasteiger partial charge is 0.489 e. The van der Waals surface area contributed by atoms with E-state index in [-0.39, 0.29) is 24.5 Å². The van der Waals surface area contributed by atoms with Crippen molar-refractivity contribution in [1.29, 1.82) is 0 Å². The molecule has 1 aromatic heterocycles. The van der Waals surface area contributed by atoms with Gasteiger partial charge in [0, 0.05) is 32.1 Å². The number of halogens is 1. The van der Waals surface area contributed by atoms with Crippen LogP contribution in [-0.2, 0) is 4.79 Å². The second-order valence-corrected chi connectivity index (χ2v) is 8.22. The maximum Gasteiger partial charge on any atom is 0.269 e. The zero-order chi connectivity index (χ0) is 21.6. The second-order valence-electron chi connectivity index (χ2n) is 7.36. The maximum absolute atomic E-state index is 12.4. The van der Waals surface area contributed by atoms with E-state index in [1.165, 1.54) is 6.20 Å². The minimum absolute atomic E-state index is 0.0333. The van der Waals surface area contributed by atoms with Crippen LogP contribution < -0.4 is 10.1 Å². The highest BCUT2D eigenvalue weighted by Crippen LogP contribution is 2.32. The van der Waals surface area contributed by atoms with Crippen molar-refractivity contribution in [1.82, 2.24) is 20.4 Å². The van der Waals surface area contributed by atoms with E-state index in [0.29, 0.717) is 18.8 Å². The number of aromatic nitrogens is 2. The molecule has 1 aliphatic rings. The number of carbonyl (C=O) groups excluding carboxylic acids is 2. The summed E-state index contributed by atoms with van der Waals surface area (Å²) in [6.45, 7) is 1.16. The first-order valence-corrected chi connectivity index (χ1v) is 11.0. The van der Waals surface area contributed by atoms with Crippen LogP contribution in [0.15, 0.2) is 65.3 Å². The highest BCUT2D eigenvalue weighted by molar-refractivity contribution is 9.10. The van der Waals surface area contributed by atoms with Gasteiger partial charge in [-0.2, -0.15) is 5.10 Å². The van der Waals surface area contributed by atoms with Gasteiger partial charge in [0.2, 0.25) is 5.91 Å². The van der Waals surface area contributed by atoms with E-state index in [4.69, 9.17) is 4.74 Å². The van der Waals surface area contributed by atoms with Crippen LogP contribution in [0.25, 0.3) is 11.1 Å². The number of rotatable bonds is 6. The molecule has 4 rings (SSSR count). The highest BCUT2D eigenvalue weighted by Gasteiger charge is 2.25. The van der Waals surface area contributed by atoms with Gasteiger partial charge in [-0.05, 0) is 45.3 Å². The number of hydrogen-bond donors (Lipinski definition) is 2. The number of hydrogen-bond acceptors (Lipinski definition) is 4. The third kappa shape index (κ3) is 5.32. The van der Waals surface area contributed by atoms with E-state index in [1.54, 1.807) is 11.0 Å². The highest BCUT2D eigenvalue weighted by atomic mass is 79.9. The molecule has 0 radical (unpaired) electrons. The standard InChI is InChI=1S/C23H23BrN4O3/c24-19-7-6-17(16-4-2-1-3-5-16)14-21(19)31-18-9-12-28(13-10-18)22(29)15-25-23(30)20-8-11-26-27-20/h1-8,11,14,18H,9-10,12-13,15H2,(H,25,30)(H,26,27). The van der Waals surface area contributed by atoms with Crippen LogP contribution in [0, 0.1) is 0 Å². The number of nitrogens with zero attached hydrogens (tertiary/aromatic N) is 2. The Morgan fingerprint density at radius 1 is 1.10 bits per heavy atom. The van der Waals surface area contributed by atoms with E-state index < -0.39 is 0 Å². The van der Waals surface area contributed by atoms with Crippen molar-refractivity contribution in [2.24, 2.45) is 0 Å². The summed E-state index contributed by atoms with van der Waals surface area (Å²) >= 11 is 3.58. The molecule has 8 heteroatoms. The summed E-state index contributed by atoms with van der Waals surface area (Å²) in [5, 5.41) is 8.94. The first-order valence-electron chi connectivity index (χ1n) is 10.2. The predicted octanol–water partition coefficient (Wildman–Crippen LogP) is 3.64. The van der Waals surface area contributed by atoms with Crippen LogP contribution >= 0.6 is 15.9 Å². The van der Waals surface area contributed by atoms with Gasteiger partial charge in [0.05, 0.1) is 11.0 Å². The molecule has 1 fully saturated rings. The van der Waals surface area contributed by atoms with Crippen molar-refractivity contribution >= 4 is 27.7 Å². The Kier molecular flexibility index (Phi) is 6.66. The molecular weight excluding hydrogens is 460 g/mol. The van der Waals surface area contributed by atoms with E-state index in [1.807, 2.05) is 30.3 Å². The number of aromatic amines is 1. The predicted molar refractivity (Wildman–Crippen MR) is 121 cm³/mol. The van der Waals surface area contributed by atoms with Gasteiger partial charge in [-0.25, -0.2) is 0 Å². The van der Waals surface area contributed by atoms with Crippen molar-refractivity contribution in [2.75, 3.05) is 19.6 Å². The van der Waals surface area contributed by atoms with Crippen molar-refractivity contribution in [3.05, 3.63) is 71.0 Å². The van der Waals surface area contributed by atoms with Crippen molar-refractivity contribution < 1.29 is 14.3 Å². The molecule has 2 aromatic carbocycles. The van der Waals surface area contributed by atoms with Gasteiger partial charge in [-0.1, -0.05) is 36.4 Å². The van der Waals surface area contributed by atoms with Gasteiger partial charge < -0.3 is 15.0 Å².